The molecule has 0 N–H and O–H groups in total. The first-order valence-corrected chi connectivity index (χ1v) is 6.07. The zero-order chi connectivity index (χ0) is 16.0. The normalized spacial score (nSPS) is 43.8. The summed E-state index contributed by atoms with van der Waals surface area (Å²) in [4.78, 5) is 12.6. The number of carbonyl (C=O) groups is 2. The highest BCUT2D eigenvalue weighted by atomic mass is 35.5. The van der Waals surface area contributed by atoms with E-state index >= 15 is 0 Å². The lowest BCUT2D eigenvalue weighted by Crippen LogP contribution is -2.75. The molecule has 4 unspecified atom stereocenters. The minimum atomic E-state index is -2.95. The van der Waals surface area contributed by atoms with Gasteiger partial charge >= 0.3 is 0 Å². The largest absolute Gasteiger partial charge is 0.293 e. The van der Waals surface area contributed by atoms with Gasteiger partial charge in [0.05, 0.1) is 24.3 Å². The van der Waals surface area contributed by atoms with Crippen molar-refractivity contribution in [2.75, 3.05) is 0 Å². The van der Waals surface area contributed by atoms with Crippen LogP contribution in [0.1, 0.15) is 0 Å². The van der Waals surface area contributed by atoms with Crippen molar-refractivity contribution >= 4 is 58.0 Å². The highest BCUT2D eigenvalue weighted by molar-refractivity contribution is 6.65. The number of ketones is 2. The van der Waals surface area contributed by atoms with E-state index in [1.165, 1.54) is 24.3 Å². The van der Waals surface area contributed by atoms with Gasteiger partial charge in [0, 0.05) is 0 Å². The van der Waals surface area contributed by atoms with Gasteiger partial charge in [-0.05, 0) is 0 Å². The lowest BCUT2D eigenvalue weighted by molar-refractivity contribution is -0.134. The Labute approximate surface area is 132 Å². The van der Waals surface area contributed by atoms with E-state index in [9.17, 15) is 9.59 Å². The molecule has 0 bridgehead atoms. The fourth-order valence-corrected chi connectivity index (χ4v) is 2.79. The summed E-state index contributed by atoms with van der Waals surface area (Å²) in [5.74, 6) is -3.21. The van der Waals surface area contributed by atoms with Crippen LogP contribution in [-0.4, -0.2) is 31.1 Å². The van der Waals surface area contributed by atoms with Crippen LogP contribution in [0, 0.1) is 45.3 Å². The highest BCUT2D eigenvalue weighted by Crippen LogP contribution is 2.53. The van der Waals surface area contributed by atoms with E-state index in [4.69, 9.17) is 67.5 Å². The number of carbonyl (C=O) groups excluding carboxylic acids is 2. The molecule has 0 heterocycles. The summed E-state index contributed by atoms with van der Waals surface area (Å²) >= 11 is 22.7. The van der Waals surface area contributed by atoms with Crippen LogP contribution < -0.4 is 0 Å². The van der Waals surface area contributed by atoms with Crippen LogP contribution in [0.3, 0.4) is 0 Å². The lowest BCUT2D eigenvalue weighted by atomic mass is 9.66. The van der Waals surface area contributed by atoms with E-state index in [1.807, 2.05) is 0 Å². The summed E-state index contributed by atoms with van der Waals surface area (Å²) in [7, 11) is 0. The van der Waals surface area contributed by atoms with Crippen molar-refractivity contribution in [2.24, 2.45) is 0 Å². The molecule has 1 rings (SSSR count). The molecular formula is C10Cl4N4O2. The maximum Gasteiger partial charge on any atom is 0.230 e. The SMILES string of the molecule is N#CC1(Cl)C(=O)C(Cl)(C#N)C(Cl)(C#N)C(=O)C1(Cl)C#N. The van der Waals surface area contributed by atoms with Gasteiger partial charge < -0.3 is 0 Å². The second-order valence-corrected chi connectivity index (χ2v) is 6.01. The molecule has 0 aliphatic heterocycles. The van der Waals surface area contributed by atoms with Crippen LogP contribution in [0.4, 0.5) is 0 Å². The monoisotopic (exact) mass is 348 g/mol. The maximum absolute atomic E-state index is 12.2. The van der Waals surface area contributed by atoms with E-state index in [-0.39, 0.29) is 0 Å². The summed E-state index contributed by atoms with van der Waals surface area (Å²) in [5, 5.41) is 36.0. The van der Waals surface area contributed by atoms with Gasteiger partial charge in [0.25, 0.3) is 0 Å². The number of rotatable bonds is 0. The van der Waals surface area contributed by atoms with Crippen molar-refractivity contribution in [3.05, 3.63) is 0 Å². The first-order valence-electron chi connectivity index (χ1n) is 4.56. The first-order chi connectivity index (χ1) is 9.05. The molecule has 0 saturated heterocycles. The summed E-state index contributed by atoms with van der Waals surface area (Å²) in [6, 6.07) is 4.76. The van der Waals surface area contributed by atoms with Gasteiger partial charge in [-0.15, -0.1) is 0 Å². The van der Waals surface area contributed by atoms with Crippen molar-refractivity contribution in [3.8, 4) is 24.3 Å². The van der Waals surface area contributed by atoms with Crippen LogP contribution in [0.25, 0.3) is 0 Å². The molecule has 1 fully saturated rings. The predicted molar refractivity (Wildman–Crippen MR) is 66.8 cm³/mol. The van der Waals surface area contributed by atoms with Gasteiger partial charge in [0.2, 0.25) is 31.1 Å². The molecule has 0 spiro atoms. The quantitative estimate of drug-likeness (QED) is 0.603. The Hall–Kier alpha value is -1.54. The number of halogens is 4. The molecule has 6 nitrogen and oxygen atoms in total. The van der Waals surface area contributed by atoms with Crippen molar-refractivity contribution in [1.29, 1.82) is 21.0 Å². The van der Waals surface area contributed by atoms with Crippen LogP contribution in [0.2, 0.25) is 0 Å². The fraction of sp³-hybridized carbons (Fsp3) is 0.400. The molecule has 0 aromatic heterocycles. The number of nitriles is 4. The maximum atomic E-state index is 12.2. The Morgan fingerprint density at radius 1 is 0.600 bits per heavy atom. The summed E-state index contributed by atoms with van der Waals surface area (Å²) < 4.78 is 0. The second kappa shape index (κ2) is 4.49. The highest BCUT2D eigenvalue weighted by Gasteiger charge is 2.80. The number of hydrogen-bond acceptors (Lipinski definition) is 6. The molecular weight excluding hydrogens is 350 g/mol. The van der Waals surface area contributed by atoms with Crippen molar-refractivity contribution in [3.63, 3.8) is 0 Å². The van der Waals surface area contributed by atoms with Crippen LogP contribution in [0.5, 0.6) is 0 Å². The summed E-state index contributed by atoms with van der Waals surface area (Å²) in [5.41, 5.74) is 0. The summed E-state index contributed by atoms with van der Waals surface area (Å²) in [6.45, 7) is 0. The average molecular weight is 350 g/mol. The lowest BCUT2D eigenvalue weighted by Gasteiger charge is -2.44. The molecule has 1 saturated carbocycles. The summed E-state index contributed by atoms with van der Waals surface area (Å²) in [6.07, 6.45) is 0. The molecule has 1 aliphatic rings. The number of nitrogens with zero attached hydrogens (tertiary/aromatic N) is 4. The van der Waals surface area contributed by atoms with Gasteiger partial charge in [-0.25, -0.2) is 0 Å². The van der Waals surface area contributed by atoms with Gasteiger partial charge in [-0.3, -0.25) is 9.59 Å². The molecule has 4 atom stereocenters. The van der Waals surface area contributed by atoms with E-state index in [0.717, 1.165) is 0 Å². The fourth-order valence-electron chi connectivity index (χ4n) is 1.61. The molecule has 100 valence electrons. The Morgan fingerprint density at radius 2 is 0.750 bits per heavy atom. The van der Waals surface area contributed by atoms with Gasteiger partial charge in [-0.1, -0.05) is 46.4 Å². The number of alkyl halides is 4. The van der Waals surface area contributed by atoms with E-state index in [1.54, 1.807) is 0 Å². The minimum absolute atomic E-state index is 1.19. The zero-order valence-corrected chi connectivity index (χ0v) is 12.1. The van der Waals surface area contributed by atoms with Crippen LogP contribution in [-0.2, 0) is 9.59 Å². The Bertz CT molecular complexity index is 582. The molecule has 20 heavy (non-hydrogen) atoms. The van der Waals surface area contributed by atoms with Crippen LogP contribution >= 0.6 is 46.4 Å². The third-order valence-corrected chi connectivity index (χ3v) is 5.17. The molecule has 0 aromatic rings. The van der Waals surface area contributed by atoms with Gasteiger partial charge in [0.1, 0.15) is 0 Å². The molecule has 10 heteroatoms. The van der Waals surface area contributed by atoms with E-state index in [0.29, 0.717) is 0 Å². The van der Waals surface area contributed by atoms with Crippen LogP contribution in [0.15, 0.2) is 0 Å². The predicted octanol–water partition coefficient (Wildman–Crippen LogP) is 1.14. The second-order valence-electron chi connectivity index (χ2n) is 3.74. The molecule has 0 aromatic carbocycles. The van der Waals surface area contributed by atoms with Crippen molar-refractivity contribution < 1.29 is 9.59 Å². The molecule has 0 amide bonds. The first kappa shape index (κ1) is 16.5. The van der Waals surface area contributed by atoms with Crippen molar-refractivity contribution in [2.45, 2.75) is 19.5 Å². The van der Waals surface area contributed by atoms with E-state index < -0.39 is 31.1 Å². The number of hydrogen-bond donors (Lipinski definition) is 0. The van der Waals surface area contributed by atoms with E-state index in [2.05, 4.69) is 0 Å². The number of Topliss-reactive ketones (excluding diaryl/α,β-unsaturated/α-hetero) is 2. The molecule has 1 aliphatic carbocycles. The molecule has 0 radical (unpaired) electrons. The van der Waals surface area contributed by atoms with Crippen molar-refractivity contribution in [1.82, 2.24) is 0 Å². The third-order valence-electron chi connectivity index (χ3n) is 2.82. The van der Waals surface area contributed by atoms with Gasteiger partial charge in [-0.2, -0.15) is 21.0 Å². The smallest absolute Gasteiger partial charge is 0.230 e. The Morgan fingerprint density at radius 3 is 0.850 bits per heavy atom. The standard InChI is InChI=1S/C10Cl4N4O2/c11-7(1-15)5(19)9(13,3-17)10(14,4-18)6(20)8(7,12)2-16. The third kappa shape index (κ3) is 1.43. The Balaban J connectivity index is 3.93. The van der Waals surface area contributed by atoms with Gasteiger partial charge in [0.15, 0.2) is 0 Å². The average Bonchev–Trinajstić information content (AvgIpc) is 2.48. The Kier molecular flexibility index (Phi) is 3.71. The minimum Gasteiger partial charge on any atom is -0.293 e. The topological polar surface area (TPSA) is 129 Å². The zero-order valence-electron chi connectivity index (χ0n) is 9.12.